The summed E-state index contributed by atoms with van der Waals surface area (Å²) in [5, 5.41) is 13.8. The molecule has 0 aliphatic rings. The number of halogens is 1. The van der Waals surface area contributed by atoms with Gasteiger partial charge in [0.15, 0.2) is 0 Å². The minimum Gasteiger partial charge on any atom is -0.460 e. The van der Waals surface area contributed by atoms with E-state index in [4.69, 9.17) is 10.5 Å². The predicted octanol–water partition coefficient (Wildman–Crippen LogP) is 3.17. The maximum Gasteiger partial charge on any atom is 0.322 e. The second-order valence-corrected chi connectivity index (χ2v) is 13.8. The molecule has 0 spiro atoms. The number of nitrogens with two attached hydrogens (primary N) is 1. The van der Waals surface area contributed by atoms with Crippen LogP contribution in [0.2, 0.25) is 0 Å². The van der Waals surface area contributed by atoms with Gasteiger partial charge in [0.1, 0.15) is 23.4 Å². The van der Waals surface area contributed by atoms with Gasteiger partial charge in [-0.05, 0) is 63.1 Å². The SMILES string of the molecule is CC(C)C(NC(=O)CCCCCNC(=O)CBr)C(=O)N[C@@H](CCCNC(N)=O)C(=O)Nc1ccc(COC(=O)C(C)(C)SS)cc1. The van der Waals surface area contributed by atoms with Crippen molar-refractivity contribution < 1.29 is 33.5 Å². The Morgan fingerprint density at radius 2 is 1.57 bits per heavy atom. The molecule has 0 bridgehead atoms. The first-order valence-corrected chi connectivity index (χ1v) is 18.0. The Morgan fingerprint density at radius 3 is 2.15 bits per heavy atom. The summed E-state index contributed by atoms with van der Waals surface area (Å²) in [6, 6.07) is 4.17. The van der Waals surface area contributed by atoms with Crippen LogP contribution in [0.15, 0.2) is 24.3 Å². The van der Waals surface area contributed by atoms with E-state index in [2.05, 4.69) is 54.2 Å². The van der Waals surface area contributed by atoms with Crippen molar-refractivity contribution in [2.45, 2.75) is 89.7 Å². The second-order valence-electron chi connectivity index (χ2n) is 11.4. The first kappa shape index (κ1) is 41.0. The third kappa shape index (κ3) is 16.5. The van der Waals surface area contributed by atoms with E-state index in [0.29, 0.717) is 30.6 Å². The van der Waals surface area contributed by atoms with Crippen LogP contribution in [0.1, 0.15) is 71.8 Å². The molecule has 0 aromatic heterocycles. The number of hydrogen-bond donors (Lipinski definition) is 7. The number of anilines is 1. The van der Waals surface area contributed by atoms with Gasteiger partial charge in [-0.15, -0.1) is 11.7 Å². The maximum absolute atomic E-state index is 13.3. The van der Waals surface area contributed by atoms with Crippen LogP contribution in [0, 0.1) is 5.92 Å². The Balaban J connectivity index is 2.81. The number of carbonyl (C=O) groups excluding carboxylic acids is 6. The van der Waals surface area contributed by atoms with Crippen LogP contribution in [0.25, 0.3) is 0 Å². The molecule has 0 saturated carbocycles. The van der Waals surface area contributed by atoms with Crippen molar-refractivity contribution in [3.63, 3.8) is 0 Å². The molecular formula is C30H47BrN6O7S2. The Bertz CT molecular complexity index is 1170. The number of amides is 6. The van der Waals surface area contributed by atoms with Crippen molar-refractivity contribution >= 4 is 79.7 Å². The fraction of sp³-hybridized carbons (Fsp3) is 0.600. The van der Waals surface area contributed by atoms with Gasteiger partial charge in [-0.1, -0.05) is 59.1 Å². The molecule has 0 saturated heterocycles. The number of ether oxygens (including phenoxy) is 1. The largest absolute Gasteiger partial charge is 0.460 e. The van der Waals surface area contributed by atoms with E-state index in [1.165, 1.54) is 0 Å². The Morgan fingerprint density at radius 1 is 0.913 bits per heavy atom. The highest BCUT2D eigenvalue weighted by molar-refractivity contribution is 9.09. The summed E-state index contributed by atoms with van der Waals surface area (Å²) >= 11 is 7.18. The van der Waals surface area contributed by atoms with Crippen LogP contribution < -0.4 is 32.3 Å². The van der Waals surface area contributed by atoms with Crippen molar-refractivity contribution in [1.29, 1.82) is 0 Å². The molecule has 46 heavy (non-hydrogen) atoms. The molecule has 13 nitrogen and oxygen atoms in total. The summed E-state index contributed by atoms with van der Waals surface area (Å²) in [7, 11) is 1.09. The van der Waals surface area contributed by atoms with Crippen LogP contribution in [-0.4, -0.2) is 70.9 Å². The lowest BCUT2D eigenvalue weighted by Crippen LogP contribution is -2.54. The molecule has 0 fully saturated rings. The summed E-state index contributed by atoms with van der Waals surface area (Å²) in [4.78, 5) is 73.8. The molecular weight excluding hydrogens is 700 g/mol. The van der Waals surface area contributed by atoms with E-state index in [-0.39, 0.29) is 49.1 Å². The van der Waals surface area contributed by atoms with Crippen molar-refractivity contribution in [2.75, 3.05) is 23.7 Å². The summed E-state index contributed by atoms with van der Waals surface area (Å²) in [6.45, 7) is 7.78. The number of primary amides is 1. The average molecular weight is 748 g/mol. The lowest BCUT2D eigenvalue weighted by molar-refractivity contribution is -0.147. The molecule has 258 valence electrons. The maximum atomic E-state index is 13.3. The zero-order chi connectivity index (χ0) is 34.7. The van der Waals surface area contributed by atoms with Gasteiger partial charge in [0, 0.05) is 25.2 Å². The van der Waals surface area contributed by atoms with Gasteiger partial charge < -0.3 is 37.1 Å². The molecule has 2 atom stereocenters. The number of nitrogens with one attached hydrogen (secondary N) is 5. The van der Waals surface area contributed by atoms with E-state index < -0.39 is 40.6 Å². The van der Waals surface area contributed by atoms with E-state index in [0.717, 1.165) is 23.6 Å². The Hall–Kier alpha value is -2.98. The molecule has 1 aromatic rings. The molecule has 16 heteroatoms. The lowest BCUT2D eigenvalue weighted by Gasteiger charge is -2.25. The van der Waals surface area contributed by atoms with Crippen LogP contribution >= 0.6 is 38.4 Å². The number of alkyl halides is 1. The van der Waals surface area contributed by atoms with Gasteiger partial charge in [0.05, 0.1) is 5.33 Å². The van der Waals surface area contributed by atoms with E-state index in [1.54, 1.807) is 52.0 Å². The molecule has 0 aliphatic heterocycles. The first-order chi connectivity index (χ1) is 21.7. The highest BCUT2D eigenvalue weighted by Gasteiger charge is 2.30. The molecule has 7 N–H and O–H groups in total. The van der Waals surface area contributed by atoms with Crippen LogP contribution in [-0.2, 0) is 35.3 Å². The smallest absolute Gasteiger partial charge is 0.322 e. The third-order valence-corrected chi connectivity index (χ3v) is 9.20. The predicted molar refractivity (Wildman–Crippen MR) is 186 cm³/mol. The fourth-order valence-electron chi connectivity index (χ4n) is 3.96. The van der Waals surface area contributed by atoms with Crippen LogP contribution in [0.5, 0.6) is 0 Å². The number of hydrogen-bond acceptors (Lipinski definition) is 9. The highest BCUT2D eigenvalue weighted by Crippen LogP contribution is 2.29. The molecule has 1 rings (SSSR count). The molecule has 0 aliphatic carbocycles. The van der Waals surface area contributed by atoms with Crippen molar-refractivity contribution in [2.24, 2.45) is 11.7 Å². The van der Waals surface area contributed by atoms with Gasteiger partial charge >= 0.3 is 12.0 Å². The number of urea groups is 1. The molecule has 0 heterocycles. The van der Waals surface area contributed by atoms with Gasteiger partial charge in [0.2, 0.25) is 23.6 Å². The minimum atomic E-state index is -0.975. The minimum absolute atomic E-state index is 0.0499. The normalized spacial score (nSPS) is 12.4. The number of rotatable bonds is 21. The first-order valence-electron chi connectivity index (χ1n) is 15.1. The summed E-state index contributed by atoms with van der Waals surface area (Å²) in [5.41, 5.74) is 6.31. The third-order valence-electron chi connectivity index (χ3n) is 6.70. The van der Waals surface area contributed by atoms with Gasteiger partial charge in [-0.25, -0.2) is 4.79 Å². The molecule has 1 aromatic carbocycles. The molecule has 0 radical (unpaired) electrons. The topological polar surface area (TPSA) is 198 Å². The quantitative estimate of drug-likeness (QED) is 0.0327. The monoisotopic (exact) mass is 746 g/mol. The second kappa shape index (κ2) is 21.7. The van der Waals surface area contributed by atoms with Crippen LogP contribution in [0.4, 0.5) is 10.5 Å². The van der Waals surface area contributed by atoms with E-state index in [1.807, 2.05) is 0 Å². The molecule has 6 amide bonds. The Labute approximate surface area is 288 Å². The van der Waals surface area contributed by atoms with Crippen molar-refractivity contribution in [3.05, 3.63) is 29.8 Å². The zero-order valence-corrected chi connectivity index (χ0v) is 30.1. The summed E-state index contributed by atoms with van der Waals surface area (Å²) in [5.74, 6) is -2.05. The standard InChI is InChI=1S/C30H47BrN6O7S2/c1-19(2)25(37-23(38)10-6-5-7-15-33-24(39)17-31)27(41)36-22(9-8-16-34-29(32)43)26(40)35-21-13-11-20(12-14-21)18-44-28(42)30(3,4)46-45/h11-14,19,22,25,45H,5-10,15-18H2,1-4H3,(H,33,39)(H,35,40)(H,36,41)(H,37,38)(H3,32,34,43)/t22-,25?/m0/s1. The number of benzene rings is 1. The Kier molecular flexibility index (Phi) is 19.4. The number of unbranched alkanes of at least 4 members (excludes halogenated alkanes) is 2. The van der Waals surface area contributed by atoms with Crippen molar-refractivity contribution in [1.82, 2.24) is 21.3 Å². The van der Waals surface area contributed by atoms with Gasteiger partial charge in [-0.3, -0.25) is 24.0 Å². The molecule has 1 unspecified atom stereocenters. The highest BCUT2D eigenvalue weighted by atomic mass is 79.9. The summed E-state index contributed by atoms with van der Waals surface area (Å²) < 4.78 is 4.55. The number of carbonyl (C=O) groups is 6. The van der Waals surface area contributed by atoms with Crippen LogP contribution in [0.3, 0.4) is 0 Å². The van der Waals surface area contributed by atoms with Crippen molar-refractivity contribution in [3.8, 4) is 0 Å². The van der Waals surface area contributed by atoms with Gasteiger partial charge in [0.25, 0.3) is 0 Å². The summed E-state index contributed by atoms with van der Waals surface area (Å²) in [6.07, 6.45) is 2.80. The lowest BCUT2D eigenvalue weighted by atomic mass is 10.0. The number of thiol groups is 1. The van der Waals surface area contributed by atoms with Gasteiger partial charge in [-0.2, -0.15) is 0 Å². The van der Waals surface area contributed by atoms with E-state index in [9.17, 15) is 28.8 Å². The average Bonchev–Trinajstić information content (AvgIpc) is 3.01. The fourth-order valence-corrected chi connectivity index (χ4v) is 4.52. The zero-order valence-electron chi connectivity index (χ0n) is 26.8. The number of esters is 1. The van der Waals surface area contributed by atoms with E-state index >= 15 is 0 Å².